The van der Waals surface area contributed by atoms with Crippen LogP contribution in [0.3, 0.4) is 0 Å². The van der Waals surface area contributed by atoms with Crippen LogP contribution in [0.1, 0.15) is 41.0 Å². The fourth-order valence-electron chi connectivity index (χ4n) is 1.07. The lowest BCUT2D eigenvalue weighted by Gasteiger charge is -2.25. The molecule has 0 aromatic rings. The first-order valence-corrected chi connectivity index (χ1v) is 5.85. The Morgan fingerprint density at radius 2 is 1.61 bits per heavy atom. The molecular formula is C12H22N2O4. The van der Waals surface area contributed by atoms with Crippen molar-refractivity contribution in [2.75, 3.05) is 6.54 Å². The van der Waals surface area contributed by atoms with E-state index in [4.69, 9.17) is 5.11 Å². The number of carboxylic acid groups (broad SMARTS) is 1. The molecule has 0 saturated carbocycles. The summed E-state index contributed by atoms with van der Waals surface area (Å²) in [5.74, 6) is -1.87. The Morgan fingerprint density at radius 3 is 1.94 bits per heavy atom. The lowest BCUT2D eigenvalue weighted by atomic mass is 9.96. The zero-order chi connectivity index (χ0) is 14.6. The molecule has 3 N–H and O–H groups in total. The van der Waals surface area contributed by atoms with Gasteiger partial charge in [0.05, 0.1) is 6.54 Å². The first-order chi connectivity index (χ1) is 8.03. The van der Waals surface area contributed by atoms with E-state index in [1.165, 1.54) is 6.92 Å². The monoisotopic (exact) mass is 258 g/mol. The summed E-state index contributed by atoms with van der Waals surface area (Å²) in [6.45, 7) is 8.06. The number of hydrogen-bond acceptors (Lipinski definition) is 3. The Balaban J connectivity index is 4.37. The maximum atomic E-state index is 11.6. The number of nitrogens with one attached hydrogen (secondary N) is 2. The van der Waals surface area contributed by atoms with Gasteiger partial charge in [-0.05, 0) is 13.3 Å². The lowest BCUT2D eigenvalue weighted by Crippen LogP contribution is -2.54. The Labute approximate surface area is 107 Å². The lowest BCUT2D eigenvalue weighted by molar-refractivity contribution is -0.147. The van der Waals surface area contributed by atoms with Gasteiger partial charge in [0.15, 0.2) is 0 Å². The quantitative estimate of drug-likeness (QED) is 0.670. The van der Waals surface area contributed by atoms with E-state index >= 15 is 0 Å². The van der Waals surface area contributed by atoms with Gasteiger partial charge in [0, 0.05) is 5.41 Å². The van der Waals surface area contributed by atoms with Gasteiger partial charge in [0.2, 0.25) is 11.8 Å². The standard InChI is InChI=1S/C12H22N2O4/c1-6-12(5,10(17)18)14-8(15)7-13-9(16)11(2,3)4/h6-7H2,1-5H3,(H,13,16)(H,14,15)(H,17,18). The van der Waals surface area contributed by atoms with Gasteiger partial charge >= 0.3 is 5.97 Å². The van der Waals surface area contributed by atoms with Crippen LogP contribution < -0.4 is 10.6 Å². The van der Waals surface area contributed by atoms with E-state index in [-0.39, 0.29) is 18.9 Å². The molecule has 0 aromatic heterocycles. The van der Waals surface area contributed by atoms with Crippen LogP contribution in [0.15, 0.2) is 0 Å². The molecule has 0 aliphatic carbocycles. The Morgan fingerprint density at radius 1 is 1.11 bits per heavy atom. The van der Waals surface area contributed by atoms with Crippen LogP contribution in [0.5, 0.6) is 0 Å². The fraction of sp³-hybridized carbons (Fsp3) is 0.750. The summed E-state index contributed by atoms with van der Waals surface area (Å²) < 4.78 is 0. The Bertz CT molecular complexity index is 346. The summed E-state index contributed by atoms with van der Waals surface area (Å²) in [5.41, 5.74) is -1.88. The molecule has 1 unspecified atom stereocenters. The van der Waals surface area contributed by atoms with Gasteiger partial charge in [-0.25, -0.2) is 4.79 Å². The molecule has 104 valence electrons. The van der Waals surface area contributed by atoms with E-state index < -0.39 is 22.8 Å². The Kier molecular flexibility index (Phi) is 5.32. The van der Waals surface area contributed by atoms with Gasteiger partial charge in [-0.15, -0.1) is 0 Å². The normalized spacial score (nSPS) is 14.5. The third-order valence-electron chi connectivity index (χ3n) is 2.69. The zero-order valence-electron chi connectivity index (χ0n) is 11.6. The number of carbonyl (C=O) groups is 3. The highest BCUT2D eigenvalue weighted by atomic mass is 16.4. The highest BCUT2D eigenvalue weighted by Gasteiger charge is 2.32. The largest absolute Gasteiger partial charge is 0.480 e. The van der Waals surface area contributed by atoms with Crippen molar-refractivity contribution in [3.8, 4) is 0 Å². The van der Waals surface area contributed by atoms with Crippen molar-refractivity contribution >= 4 is 17.8 Å². The van der Waals surface area contributed by atoms with Crippen molar-refractivity contribution in [3.05, 3.63) is 0 Å². The highest BCUT2D eigenvalue weighted by molar-refractivity contribution is 5.90. The number of amides is 2. The van der Waals surface area contributed by atoms with Gasteiger partial charge in [0.25, 0.3) is 0 Å². The number of aliphatic carboxylic acids is 1. The minimum Gasteiger partial charge on any atom is -0.480 e. The molecule has 18 heavy (non-hydrogen) atoms. The first-order valence-electron chi connectivity index (χ1n) is 5.85. The summed E-state index contributed by atoms with van der Waals surface area (Å²) in [6, 6.07) is 0. The molecule has 6 nitrogen and oxygen atoms in total. The van der Waals surface area contributed by atoms with E-state index in [1.54, 1.807) is 27.7 Å². The summed E-state index contributed by atoms with van der Waals surface area (Å²) in [6.07, 6.45) is 0.265. The zero-order valence-corrected chi connectivity index (χ0v) is 11.6. The smallest absolute Gasteiger partial charge is 0.329 e. The molecule has 0 rings (SSSR count). The van der Waals surface area contributed by atoms with E-state index in [9.17, 15) is 14.4 Å². The number of hydrogen-bond donors (Lipinski definition) is 3. The van der Waals surface area contributed by atoms with Crippen LogP contribution in [-0.2, 0) is 14.4 Å². The predicted molar refractivity (Wildman–Crippen MR) is 66.9 cm³/mol. The highest BCUT2D eigenvalue weighted by Crippen LogP contribution is 2.12. The number of rotatable bonds is 5. The van der Waals surface area contributed by atoms with Gasteiger partial charge in [0.1, 0.15) is 5.54 Å². The second-order valence-corrected chi connectivity index (χ2v) is 5.47. The molecule has 0 saturated heterocycles. The first kappa shape index (κ1) is 16.4. The maximum absolute atomic E-state index is 11.6. The van der Waals surface area contributed by atoms with E-state index in [1.807, 2.05) is 0 Å². The Hall–Kier alpha value is -1.59. The predicted octanol–water partition coefficient (Wildman–Crippen LogP) is 0.518. The topological polar surface area (TPSA) is 95.5 Å². The molecule has 0 heterocycles. The molecule has 0 bridgehead atoms. The van der Waals surface area contributed by atoms with Crippen molar-refractivity contribution < 1.29 is 19.5 Å². The molecule has 0 aliphatic heterocycles. The van der Waals surface area contributed by atoms with Crippen molar-refractivity contribution in [1.82, 2.24) is 10.6 Å². The molecule has 0 aromatic carbocycles. The van der Waals surface area contributed by atoms with Gasteiger partial charge < -0.3 is 15.7 Å². The van der Waals surface area contributed by atoms with E-state index in [2.05, 4.69) is 10.6 Å². The minimum absolute atomic E-state index is 0.223. The van der Waals surface area contributed by atoms with Gasteiger partial charge in [-0.2, -0.15) is 0 Å². The third kappa shape index (κ3) is 4.73. The van der Waals surface area contributed by atoms with Crippen LogP contribution >= 0.6 is 0 Å². The van der Waals surface area contributed by atoms with Crippen LogP contribution in [0, 0.1) is 5.41 Å². The van der Waals surface area contributed by atoms with Crippen LogP contribution in [-0.4, -0.2) is 35.0 Å². The van der Waals surface area contributed by atoms with Gasteiger partial charge in [-0.1, -0.05) is 27.7 Å². The molecule has 6 heteroatoms. The summed E-state index contributed by atoms with van der Waals surface area (Å²) >= 11 is 0. The summed E-state index contributed by atoms with van der Waals surface area (Å²) in [7, 11) is 0. The van der Waals surface area contributed by atoms with Crippen LogP contribution in [0.25, 0.3) is 0 Å². The number of carboxylic acids is 1. The fourth-order valence-corrected chi connectivity index (χ4v) is 1.07. The third-order valence-corrected chi connectivity index (χ3v) is 2.69. The summed E-state index contributed by atoms with van der Waals surface area (Å²) in [4.78, 5) is 34.1. The van der Waals surface area contributed by atoms with Crippen LogP contribution in [0.4, 0.5) is 0 Å². The van der Waals surface area contributed by atoms with Crippen molar-refractivity contribution in [2.45, 2.75) is 46.6 Å². The maximum Gasteiger partial charge on any atom is 0.329 e. The van der Waals surface area contributed by atoms with Crippen LogP contribution in [0.2, 0.25) is 0 Å². The SMILES string of the molecule is CCC(C)(NC(=O)CNC(=O)C(C)(C)C)C(=O)O. The molecular weight excluding hydrogens is 236 g/mol. The average molecular weight is 258 g/mol. The molecule has 0 fully saturated rings. The van der Waals surface area contributed by atoms with E-state index in [0.717, 1.165) is 0 Å². The second-order valence-electron chi connectivity index (χ2n) is 5.47. The molecule has 1 atom stereocenters. The number of carbonyl (C=O) groups excluding carboxylic acids is 2. The molecule has 2 amide bonds. The second kappa shape index (κ2) is 5.84. The molecule has 0 aliphatic rings. The molecule has 0 spiro atoms. The summed E-state index contributed by atoms with van der Waals surface area (Å²) in [5, 5.41) is 13.8. The van der Waals surface area contributed by atoms with Crippen molar-refractivity contribution in [2.24, 2.45) is 5.41 Å². The van der Waals surface area contributed by atoms with Crippen molar-refractivity contribution in [3.63, 3.8) is 0 Å². The van der Waals surface area contributed by atoms with E-state index in [0.29, 0.717) is 0 Å². The minimum atomic E-state index is -1.30. The van der Waals surface area contributed by atoms with Gasteiger partial charge in [-0.3, -0.25) is 9.59 Å². The molecule has 0 radical (unpaired) electrons. The van der Waals surface area contributed by atoms with Crippen molar-refractivity contribution in [1.29, 1.82) is 0 Å². The average Bonchev–Trinajstić information content (AvgIpc) is 2.23.